The van der Waals surface area contributed by atoms with E-state index in [1.165, 1.54) is 18.3 Å². The summed E-state index contributed by atoms with van der Waals surface area (Å²) < 4.78 is 63.7. The van der Waals surface area contributed by atoms with E-state index in [1.54, 1.807) is 26.0 Å². The van der Waals surface area contributed by atoms with Gasteiger partial charge in [-0.1, -0.05) is 32.9 Å². The average Bonchev–Trinajstić information content (AvgIpc) is 3.28. The van der Waals surface area contributed by atoms with Gasteiger partial charge in [-0.2, -0.15) is 13.2 Å². The number of hydrogen-bond donors (Lipinski definition) is 2. The standard InChI is InChI=1S/C30H40F3N3O4S/c1-5-41(39,40)25-12-8-21(9-13-25)26(19(4)37)35-29(38)22-14-23-17-36(28(18(2)3)27(23)34-15-22)16-20-6-10-24(11-7-20)30(31,32)33/h8-9,12-15,18-20,24,26,28,37H,5-7,10-11,16-17H2,1-4H3,(H,35,38)/t19-,20?,24?,26+,28+/m1/s1. The molecule has 2 heterocycles. The quantitative estimate of drug-likeness (QED) is 0.391. The highest BCUT2D eigenvalue weighted by Crippen LogP contribution is 2.43. The lowest BCUT2D eigenvalue weighted by Crippen LogP contribution is -2.35. The number of aliphatic hydroxyl groups is 1. The van der Waals surface area contributed by atoms with Gasteiger partial charge < -0.3 is 10.4 Å². The number of carbonyl (C=O) groups is 1. The molecule has 11 heteroatoms. The number of sulfone groups is 1. The zero-order chi connectivity index (χ0) is 30.1. The van der Waals surface area contributed by atoms with Crippen molar-refractivity contribution >= 4 is 15.7 Å². The van der Waals surface area contributed by atoms with Gasteiger partial charge in [0.25, 0.3) is 5.91 Å². The molecule has 2 N–H and O–H groups in total. The van der Waals surface area contributed by atoms with Gasteiger partial charge in [0.15, 0.2) is 9.84 Å². The van der Waals surface area contributed by atoms with Crippen molar-refractivity contribution in [1.29, 1.82) is 0 Å². The van der Waals surface area contributed by atoms with Crippen molar-refractivity contribution in [3.05, 3.63) is 58.9 Å². The fraction of sp³-hybridized carbons (Fsp3) is 0.600. The Bertz CT molecular complexity index is 1320. The molecule has 0 saturated heterocycles. The SMILES string of the molecule is CCS(=O)(=O)c1ccc([C@@H](NC(=O)c2cnc3c(c2)CN(CC2CCC(C(F)(F)F)CC2)[C@H]3C(C)C)[C@@H](C)O)cc1. The molecule has 3 atom stereocenters. The largest absolute Gasteiger partial charge is 0.391 e. The van der Waals surface area contributed by atoms with Crippen LogP contribution in [0.4, 0.5) is 13.2 Å². The van der Waals surface area contributed by atoms with E-state index in [9.17, 15) is 31.5 Å². The number of benzene rings is 1. The van der Waals surface area contributed by atoms with Crippen molar-refractivity contribution < 1.29 is 31.5 Å². The predicted octanol–water partition coefficient (Wildman–Crippen LogP) is 5.61. The third-order valence-corrected chi connectivity index (χ3v) is 10.2. The van der Waals surface area contributed by atoms with E-state index in [2.05, 4.69) is 29.0 Å². The molecular formula is C30H40F3N3O4S. The molecule has 1 aliphatic heterocycles. The molecule has 4 rings (SSSR count). The van der Waals surface area contributed by atoms with Crippen LogP contribution in [-0.2, 0) is 16.4 Å². The highest BCUT2D eigenvalue weighted by atomic mass is 32.2. The van der Waals surface area contributed by atoms with Crippen LogP contribution in [0.15, 0.2) is 41.4 Å². The lowest BCUT2D eigenvalue weighted by Gasteiger charge is -2.35. The van der Waals surface area contributed by atoms with Crippen LogP contribution in [-0.4, -0.2) is 53.9 Å². The zero-order valence-corrected chi connectivity index (χ0v) is 24.8. The molecule has 0 unspecified atom stereocenters. The van der Waals surface area contributed by atoms with E-state index in [-0.39, 0.29) is 41.4 Å². The highest BCUT2D eigenvalue weighted by molar-refractivity contribution is 7.91. The van der Waals surface area contributed by atoms with Crippen LogP contribution in [0, 0.1) is 17.8 Å². The Labute approximate surface area is 240 Å². The van der Waals surface area contributed by atoms with Gasteiger partial charge in [0, 0.05) is 19.3 Å². The second kappa shape index (κ2) is 12.4. The molecule has 226 valence electrons. The lowest BCUT2D eigenvalue weighted by atomic mass is 9.81. The minimum Gasteiger partial charge on any atom is -0.391 e. The Morgan fingerprint density at radius 3 is 2.29 bits per heavy atom. The molecule has 7 nitrogen and oxygen atoms in total. The molecule has 1 fully saturated rings. The monoisotopic (exact) mass is 595 g/mol. The maximum Gasteiger partial charge on any atom is 0.391 e. The predicted molar refractivity (Wildman–Crippen MR) is 150 cm³/mol. The molecular weight excluding hydrogens is 555 g/mol. The average molecular weight is 596 g/mol. The van der Waals surface area contributed by atoms with Crippen LogP contribution in [0.5, 0.6) is 0 Å². The van der Waals surface area contributed by atoms with Gasteiger partial charge in [0.1, 0.15) is 0 Å². The number of nitrogens with one attached hydrogen (secondary N) is 1. The Hall–Kier alpha value is -2.50. The number of aromatic nitrogens is 1. The summed E-state index contributed by atoms with van der Waals surface area (Å²) in [6.45, 7) is 8.57. The first kappa shape index (κ1) is 31.4. The fourth-order valence-corrected chi connectivity index (χ4v) is 7.09. The summed E-state index contributed by atoms with van der Waals surface area (Å²) in [5.74, 6) is -1.22. The lowest BCUT2D eigenvalue weighted by molar-refractivity contribution is -0.184. The van der Waals surface area contributed by atoms with Crippen LogP contribution in [0.1, 0.15) is 92.6 Å². The van der Waals surface area contributed by atoms with Crippen molar-refractivity contribution in [1.82, 2.24) is 15.2 Å². The van der Waals surface area contributed by atoms with Gasteiger partial charge in [-0.15, -0.1) is 0 Å². The first-order chi connectivity index (χ1) is 19.2. The summed E-state index contributed by atoms with van der Waals surface area (Å²) in [5.41, 5.74) is 2.72. The van der Waals surface area contributed by atoms with Crippen LogP contribution < -0.4 is 5.32 Å². The van der Waals surface area contributed by atoms with Crippen molar-refractivity contribution in [3.63, 3.8) is 0 Å². The molecule has 0 radical (unpaired) electrons. The summed E-state index contributed by atoms with van der Waals surface area (Å²) >= 11 is 0. The molecule has 2 aromatic rings. The Morgan fingerprint density at radius 2 is 1.76 bits per heavy atom. The highest BCUT2D eigenvalue weighted by Gasteiger charge is 2.42. The molecule has 2 aliphatic rings. The number of rotatable bonds is 9. The first-order valence-electron chi connectivity index (χ1n) is 14.3. The minimum absolute atomic E-state index is 0.0191. The third kappa shape index (κ3) is 7.11. The number of pyridine rings is 1. The fourth-order valence-electron chi connectivity index (χ4n) is 6.20. The number of aliphatic hydroxyl groups excluding tert-OH is 1. The number of fused-ring (bicyclic) bond motifs is 1. The van der Waals surface area contributed by atoms with Gasteiger partial charge in [-0.05, 0) is 73.8 Å². The smallest absolute Gasteiger partial charge is 0.391 e. The van der Waals surface area contributed by atoms with Gasteiger partial charge in [0.05, 0.1) is 46.0 Å². The van der Waals surface area contributed by atoms with E-state index >= 15 is 0 Å². The third-order valence-electron chi connectivity index (χ3n) is 8.49. The Kier molecular flexibility index (Phi) is 9.50. The summed E-state index contributed by atoms with van der Waals surface area (Å²) in [6, 6.07) is 7.20. The summed E-state index contributed by atoms with van der Waals surface area (Å²) in [7, 11) is -3.37. The van der Waals surface area contributed by atoms with Gasteiger partial charge >= 0.3 is 6.18 Å². The molecule has 1 aliphatic carbocycles. The second-order valence-corrected chi connectivity index (χ2v) is 14.1. The molecule has 41 heavy (non-hydrogen) atoms. The maximum atomic E-state index is 13.3. The van der Waals surface area contributed by atoms with Crippen LogP contribution >= 0.6 is 0 Å². The van der Waals surface area contributed by atoms with E-state index in [0.29, 0.717) is 37.1 Å². The van der Waals surface area contributed by atoms with E-state index in [4.69, 9.17) is 0 Å². The molecule has 1 aromatic carbocycles. The molecule has 0 spiro atoms. The van der Waals surface area contributed by atoms with Crippen molar-refractivity contribution in [3.8, 4) is 0 Å². The van der Waals surface area contributed by atoms with E-state index < -0.39 is 40.0 Å². The van der Waals surface area contributed by atoms with Crippen molar-refractivity contribution in [2.45, 2.75) is 89.2 Å². The van der Waals surface area contributed by atoms with Crippen molar-refractivity contribution in [2.24, 2.45) is 17.8 Å². The number of hydrogen-bond acceptors (Lipinski definition) is 6. The van der Waals surface area contributed by atoms with Crippen LogP contribution in [0.25, 0.3) is 0 Å². The minimum atomic E-state index is -4.12. The second-order valence-electron chi connectivity index (χ2n) is 11.8. The molecule has 1 amide bonds. The Balaban J connectivity index is 1.47. The van der Waals surface area contributed by atoms with Crippen molar-refractivity contribution in [2.75, 3.05) is 12.3 Å². The number of nitrogens with zero attached hydrogens (tertiary/aromatic N) is 2. The maximum absolute atomic E-state index is 13.3. The first-order valence-corrected chi connectivity index (χ1v) is 16.0. The number of carbonyl (C=O) groups excluding carboxylic acids is 1. The number of amides is 1. The summed E-state index contributed by atoms with van der Waals surface area (Å²) in [6.07, 6.45) is -2.09. The summed E-state index contributed by atoms with van der Waals surface area (Å²) in [4.78, 5) is 20.4. The molecule has 1 aromatic heterocycles. The van der Waals surface area contributed by atoms with E-state index in [1.807, 2.05) is 6.07 Å². The Morgan fingerprint density at radius 1 is 1.12 bits per heavy atom. The molecule has 1 saturated carbocycles. The number of halogens is 3. The number of alkyl halides is 3. The topological polar surface area (TPSA) is 99.6 Å². The zero-order valence-electron chi connectivity index (χ0n) is 24.0. The molecule has 0 bridgehead atoms. The van der Waals surface area contributed by atoms with E-state index in [0.717, 1.165) is 11.3 Å². The summed E-state index contributed by atoms with van der Waals surface area (Å²) in [5, 5.41) is 13.3. The van der Waals surface area contributed by atoms with Gasteiger partial charge in [-0.25, -0.2) is 8.42 Å². The van der Waals surface area contributed by atoms with Gasteiger partial charge in [-0.3, -0.25) is 14.7 Å². The van der Waals surface area contributed by atoms with Crippen LogP contribution in [0.3, 0.4) is 0 Å². The van der Waals surface area contributed by atoms with Gasteiger partial charge in [0.2, 0.25) is 0 Å². The van der Waals surface area contributed by atoms with Crippen LogP contribution in [0.2, 0.25) is 0 Å². The normalized spacial score (nSPS) is 23.3.